The summed E-state index contributed by atoms with van der Waals surface area (Å²) >= 11 is 0.581. The van der Waals surface area contributed by atoms with Gasteiger partial charge >= 0.3 is 18.5 Å². The molecular weight excluding hydrogens is 924 g/mol. The number of aliphatic hydroxyl groups is 4. The number of fused-ring (bicyclic) bond motifs is 6. The molecule has 0 amide bonds. The number of nitrogens with two attached hydrogens (primary N) is 1. The van der Waals surface area contributed by atoms with Gasteiger partial charge in [0, 0.05) is 49.8 Å². The summed E-state index contributed by atoms with van der Waals surface area (Å²) < 4.78 is 53.2. The number of hydrogen-bond donors (Lipinski definition) is 6. The minimum absolute atomic E-state index is 0.0898. The maximum atomic E-state index is 14.9. The summed E-state index contributed by atoms with van der Waals surface area (Å²) in [5.74, 6) is 1.25. The van der Waals surface area contributed by atoms with Gasteiger partial charge in [0.15, 0.2) is 11.9 Å². The van der Waals surface area contributed by atoms with Gasteiger partial charge in [-0.15, -0.1) is 0 Å². The highest BCUT2D eigenvalue weighted by Gasteiger charge is 2.64. The van der Waals surface area contributed by atoms with Gasteiger partial charge in [-0.3, -0.25) is 32.8 Å². The molecule has 376 valence electrons. The number of hydrogen-bond acceptors (Lipinski definition) is 18. The van der Waals surface area contributed by atoms with Crippen molar-refractivity contribution in [3.63, 3.8) is 0 Å². The largest absolute Gasteiger partial charge is 0.454 e. The lowest BCUT2D eigenvalue weighted by Gasteiger charge is -2.62. The van der Waals surface area contributed by atoms with Gasteiger partial charge in [-0.05, 0) is 110 Å². The zero-order valence-electron chi connectivity index (χ0n) is 39.0. The number of imidazole rings is 1. The molecule has 2 saturated heterocycles. The average molecular weight is 991 g/mol. The normalized spacial score (nSPS) is 39.2. The Kier molecular flexibility index (Phi) is 14.5. The number of nitrogens with one attached hydrogen (secondary N) is 1. The second-order valence-electron chi connectivity index (χ2n) is 20.6. The van der Waals surface area contributed by atoms with Gasteiger partial charge in [-0.25, -0.2) is 19.3 Å². The number of methoxy groups -OCH3 is 1. The Bertz CT molecular complexity index is 2460. The van der Waals surface area contributed by atoms with Crippen molar-refractivity contribution >= 4 is 41.0 Å². The fourth-order valence-corrected chi connectivity index (χ4v) is 16.5. The van der Waals surface area contributed by atoms with Crippen molar-refractivity contribution in [3.8, 4) is 0 Å². The highest BCUT2D eigenvalue weighted by molar-refractivity contribution is 8.55. The van der Waals surface area contributed by atoms with Crippen LogP contribution in [0.5, 0.6) is 0 Å². The molecule has 0 aromatic carbocycles. The van der Waals surface area contributed by atoms with Crippen molar-refractivity contribution in [2.75, 3.05) is 32.0 Å². The quantitative estimate of drug-likeness (QED) is 0.0664. The summed E-state index contributed by atoms with van der Waals surface area (Å²) in [4.78, 5) is 49.0. The molecule has 3 aromatic rings. The number of anilines is 1. The Labute approximate surface area is 398 Å². The lowest BCUT2D eigenvalue weighted by Crippen LogP contribution is -2.58. The first-order valence-electron chi connectivity index (χ1n) is 24.1. The maximum Gasteiger partial charge on any atom is 0.392 e. The third-order valence-electron chi connectivity index (χ3n) is 17.3. The Morgan fingerprint density at radius 1 is 1.03 bits per heavy atom. The summed E-state index contributed by atoms with van der Waals surface area (Å²) in [6.45, 7) is 1.31. The second-order valence-corrected chi connectivity index (χ2v) is 24.6. The van der Waals surface area contributed by atoms with Crippen LogP contribution in [-0.4, -0.2) is 119 Å². The van der Waals surface area contributed by atoms with Crippen LogP contribution in [0, 0.1) is 46.3 Å². The van der Waals surface area contributed by atoms with Crippen molar-refractivity contribution in [3.05, 3.63) is 51.7 Å². The molecule has 22 heteroatoms. The summed E-state index contributed by atoms with van der Waals surface area (Å²) in [5.41, 5.74) is 5.83. The molecular formula is C46H67N6O14PS. The minimum atomic E-state index is -4.44. The Balaban J connectivity index is 0.853. The fourth-order valence-electron chi connectivity index (χ4n) is 13.6. The van der Waals surface area contributed by atoms with E-state index in [9.17, 15) is 39.4 Å². The molecule has 0 radical (unpaired) electrons. The number of H-pyrrole nitrogens is 1. The molecule has 9 rings (SSSR count). The summed E-state index contributed by atoms with van der Waals surface area (Å²) in [6.07, 6.45) is 4.37. The molecule has 68 heavy (non-hydrogen) atoms. The number of carbonyl (C=O) groups is 1. The number of aromatic nitrogens is 5. The Hall–Kier alpha value is -3.21. The van der Waals surface area contributed by atoms with E-state index in [4.69, 9.17) is 33.7 Å². The van der Waals surface area contributed by atoms with E-state index in [1.54, 1.807) is 10.6 Å². The molecule has 12 unspecified atom stereocenters. The van der Waals surface area contributed by atoms with Gasteiger partial charge in [0.2, 0.25) is 0 Å². The summed E-state index contributed by atoms with van der Waals surface area (Å²) in [6, 6.07) is 2.74. The van der Waals surface area contributed by atoms with E-state index >= 15 is 0 Å². The molecule has 20 nitrogen and oxygen atoms in total. The zero-order chi connectivity index (χ0) is 48.3. The maximum absolute atomic E-state index is 14.9. The number of carbonyl (C=O) groups excluding carboxylic acids is 1. The van der Waals surface area contributed by atoms with Crippen molar-refractivity contribution < 1.29 is 57.8 Å². The van der Waals surface area contributed by atoms with Crippen LogP contribution in [0.25, 0.3) is 11.2 Å². The van der Waals surface area contributed by atoms with E-state index in [0.717, 1.165) is 62.0 Å². The average Bonchev–Trinajstić information content (AvgIpc) is 4.09. The minimum Gasteiger partial charge on any atom is -0.454 e. The monoisotopic (exact) mass is 990 g/mol. The molecule has 3 aromatic heterocycles. The molecule has 0 bridgehead atoms. The van der Waals surface area contributed by atoms with Crippen LogP contribution in [0.15, 0.2) is 40.4 Å². The topological polar surface area (TPSA) is 282 Å². The molecule has 6 fully saturated rings. The Morgan fingerprint density at radius 3 is 2.60 bits per heavy atom. The van der Waals surface area contributed by atoms with Crippen molar-refractivity contribution in [2.24, 2.45) is 46.3 Å². The van der Waals surface area contributed by atoms with E-state index in [2.05, 4.69) is 35.7 Å². The molecule has 6 aliphatic rings. The molecule has 4 aliphatic carbocycles. The zero-order valence-corrected chi connectivity index (χ0v) is 40.8. The third-order valence-corrected chi connectivity index (χ3v) is 20.6. The van der Waals surface area contributed by atoms with Crippen LogP contribution >= 0.6 is 18.2 Å². The first kappa shape index (κ1) is 49.8. The standard InChI is InChI=1S/C46H67N6O14PS/c1-24(28-8-9-29-27-7-6-25-17-26(54)11-14-45(25,2)30(27)18-35(56)46(28,29)3)5-10-38(58)62-23-68-67(60,66-40-33(20-53)65-43(41(40)61-4)51-16-13-36(57)50-44(51)59)63-21-34-32(55)19-37(64-34)52-22-49-39-31(47)12-15-48-42(39)52/h12-13,15-16,22,24-30,32-35,37,40-41,43,53-56H,5-11,14,17-21,23H2,1-4H3,(H2,47,48)(H,50,57,59)/t24?,25?,26?,27?,28?,29?,30?,32-,33-,34-,35?,37-,40+,41?,43-,45?,46?,67?/m1/s1. The van der Waals surface area contributed by atoms with Gasteiger partial charge in [-0.1, -0.05) is 20.8 Å². The number of aromatic amines is 1. The van der Waals surface area contributed by atoms with E-state index in [1.807, 2.05) is 0 Å². The Morgan fingerprint density at radius 2 is 1.84 bits per heavy atom. The number of rotatable bonds is 16. The predicted octanol–water partition coefficient (Wildman–Crippen LogP) is 4.27. The SMILES string of the molecule is COC1[C@@H](OP(=O)(OC[C@H]2O[C@@H](n3cnc4c(N)ccnc43)C[C@H]2O)SCOC(=O)CCC(C)C2CCC3C4CCC5CC(O)CCC5(C)C4CC(O)C23C)[C@@H](CO)O[C@H]1n1ccc(=O)[nH]c1=O. The number of aliphatic hydroxyl groups excluding tert-OH is 4. The molecule has 18 atom stereocenters. The van der Waals surface area contributed by atoms with Gasteiger partial charge in [0.05, 0.1) is 43.5 Å². The first-order valence-corrected chi connectivity index (χ1v) is 27.2. The molecule has 2 aliphatic heterocycles. The van der Waals surface area contributed by atoms with Crippen molar-refractivity contribution in [2.45, 2.75) is 147 Å². The van der Waals surface area contributed by atoms with E-state index in [-0.39, 0.29) is 41.6 Å². The van der Waals surface area contributed by atoms with Crippen molar-refractivity contribution in [1.82, 2.24) is 24.1 Å². The van der Waals surface area contributed by atoms with E-state index in [1.165, 1.54) is 25.8 Å². The number of nitrogens with zero attached hydrogens (tertiary/aromatic N) is 4. The summed E-state index contributed by atoms with van der Waals surface area (Å²) in [5, 5.41) is 44.0. The lowest BCUT2D eigenvalue weighted by atomic mass is 9.43. The van der Waals surface area contributed by atoms with Gasteiger partial charge in [0.1, 0.15) is 42.1 Å². The molecule has 5 heterocycles. The number of ether oxygens (including phenoxy) is 4. The smallest absolute Gasteiger partial charge is 0.392 e. The first-order chi connectivity index (χ1) is 32.5. The molecule has 7 N–H and O–H groups in total. The highest BCUT2D eigenvalue weighted by Crippen LogP contribution is 2.69. The highest BCUT2D eigenvalue weighted by atomic mass is 32.7. The number of nitrogen functional groups attached to an aromatic ring is 1. The van der Waals surface area contributed by atoms with Crippen LogP contribution in [0.2, 0.25) is 0 Å². The van der Waals surface area contributed by atoms with Crippen molar-refractivity contribution in [1.29, 1.82) is 0 Å². The third kappa shape index (κ3) is 9.16. The molecule has 0 spiro atoms. The number of esters is 1. The van der Waals surface area contributed by atoms with Crippen LogP contribution in [-0.2, 0) is 37.4 Å². The van der Waals surface area contributed by atoms with Gasteiger partial charge in [0.25, 0.3) is 5.56 Å². The van der Waals surface area contributed by atoms with Crippen LogP contribution in [0.1, 0.15) is 104 Å². The fraction of sp³-hybridized carbons (Fsp3) is 0.761. The predicted molar refractivity (Wildman–Crippen MR) is 248 cm³/mol. The van der Waals surface area contributed by atoms with Gasteiger partial charge < -0.3 is 45.1 Å². The van der Waals surface area contributed by atoms with Gasteiger partial charge in [-0.2, -0.15) is 0 Å². The van der Waals surface area contributed by atoms with E-state index < -0.39 is 92.2 Å². The summed E-state index contributed by atoms with van der Waals surface area (Å²) in [7, 11) is 1.31. The van der Waals surface area contributed by atoms with E-state index in [0.29, 0.717) is 58.3 Å². The van der Waals surface area contributed by atoms with Crippen LogP contribution < -0.4 is 17.0 Å². The molecule has 4 saturated carbocycles. The second kappa shape index (κ2) is 19.8. The lowest BCUT2D eigenvalue weighted by molar-refractivity contribution is -0.175. The van der Waals surface area contributed by atoms with Crippen LogP contribution in [0.3, 0.4) is 0 Å². The van der Waals surface area contributed by atoms with Crippen LogP contribution in [0.4, 0.5) is 5.69 Å². The number of pyridine rings is 1.